The molecule has 0 spiro atoms. The van der Waals surface area contributed by atoms with Crippen LogP contribution < -0.4 is 4.90 Å². The lowest BCUT2D eigenvalue weighted by Gasteiger charge is -2.29. The molecular formula is C14H17NO2. The third-order valence-corrected chi connectivity index (χ3v) is 4.10. The molecule has 2 aliphatic rings. The van der Waals surface area contributed by atoms with E-state index in [1.807, 2.05) is 6.07 Å². The number of hydrogen-bond acceptors (Lipinski definition) is 3. The highest BCUT2D eigenvalue weighted by Crippen LogP contribution is 2.41. The van der Waals surface area contributed by atoms with Crippen molar-refractivity contribution in [2.24, 2.45) is 5.92 Å². The molecule has 2 bridgehead atoms. The fourth-order valence-corrected chi connectivity index (χ4v) is 3.24. The molecule has 1 aliphatic carbocycles. The number of fused-ring (bicyclic) bond motifs is 2. The summed E-state index contributed by atoms with van der Waals surface area (Å²) in [6.45, 7) is 2.58. The molecule has 2 atom stereocenters. The van der Waals surface area contributed by atoms with Gasteiger partial charge >= 0.3 is 0 Å². The topological polar surface area (TPSA) is 40.5 Å². The Hall–Kier alpha value is -1.51. The standard InChI is InChI=1S/C14H17NO2/c1-9(16)13-5-4-12(7-14(13)17)15-8-10-2-3-11(15)6-10/h4-5,7,10-11,17H,2-3,6,8H2,1H3. The number of ketones is 1. The molecule has 1 saturated carbocycles. The SMILES string of the molecule is CC(=O)c1ccc(N2CC3CCC2C3)cc1O. The normalized spacial score (nSPS) is 26.5. The fraction of sp³-hybridized carbons (Fsp3) is 0.500. The Kier molecular flexibility index (Phi) is 2.35. The summed E-state index contributed by atoms with van der Waals surface area (Å²) in [5.41, 5.74) is 1.47. The first-order chi connectivity index (χ1) is 8.15. The van der Waals surface area contributed by atoms with Gasteiger partial charge in [-0.2, -0.15) is 0 Å². The average molecular weight is 231 g/mol. The smallest absolute Gasteiger partial charge is 0.163 e. The molecule has 1 aromatic rings. The maximum atomic E-state index is 11.3. The van der Waals surface area contributed by atoms with Gasteiger partial charge in [0.25, 0.3) is 0 Å². The predicted octanol–water partition coefficient (Wildman–Crippen LogP) is 2.58. The van der Waals surface area contributed by atoms with Crippen molar-refractivity contribution < 1.29 is 9.90 Å². The summed E-state index contributed by atoms with van der Waals surface area (Å²) in [7, 11) is 0. The molecule has 1 aliphatic heterocycles. The van der Waals surface area contributed by atoms with E-state index < -0.39 is 0 Å². The van der Waals surface area contributed by atoms with Crippen molar-refractivity contribution in [2.75, 3.05) is 11.4 Å². The van der Waals surface area contributed by atoms with Gasteiger partial charge in [0.2, 0.25) is 0 Å². The number of rotatable bonds is 2. The Labute approximate surface area is 101 Å². The monoisotopic (exact) mass is 231 g/mol. The largest absolute Gasteiger partial charge is 0.507 e. The van der Waals surface area contributed by atoms with Crippen LogP contribution in [0.1, 0.15) is 36.5 Å². The Morgan fingerprint density at radius 2 is 2.24 bits per heavy atom. The molecule has 90 valence electrons. The van der Waals surface area contributed by atoms with Crippen LogP contribution in [0.5, 0.6) is 5.75 Å². The van der Waals surface area contributed by atoms with Gasteiger partial charge in [0.1, 0.15) is 5.75 Å². The minimum Gasteiger partial charge on any atom is -0.507 e. The van der Waals surface area contributed by atoms with Crippen molar-refractivity contribution in [1.29, 1.82) is 0 Å². The van der Waals surface area contributed by atoms with Gasteiger partial charge in [-0.05, 0) is 44.2 Å². The Morgan fingerprint density at radius 3 is 2.76 bits per heavy atom. The number of phenols is 1. The molecule has 2 fully saturated rings. The Bertz CT molecular complexity index is 469. The average Bonchev–Trinajstić information content (AvgIpc) is 2.89. The molecule has 1 N–H and O–H groups in total. The third-order valence-electron chi connectivity index (χ3n) is 4.10. The Balaban J connectivity index is 1.89. The van der Waals surface area contributed by atoms with Crippen LogP contribution in [-0.4, -0.2) is 23.5 Å². The summed E-state index contributed by atoms with van der Waals surface area (Å²) >= 11 is 0. The van der Waals surface area contributed by atoms with E-state index in [9.17, 15) is 9.90 Å². The van der Waals surface area contributed by atoms with Crippen LogP contribution in [0.4, 0.5) is 5.69 Å². The highest BCUT2D eigenvalue weighted by Gasteiger charge is 2.37. The zero-order valence-electron chi connectivity index (χ0n) is 10.0. The number of benzene rings is 1. The zero-order chi connectivity index (χ0) is 12.0. The van der Waals surface area contributed by atoms with Gasteiger partial charge in [-0.15, -0.1) is 0 Å². The van der Waals surface area contributed by atoms with Crippen LogP contribution in [0.15, 0.2) is 18.2 Å². The van der Waals surface area contributed by atoms with Gasteiger partial charge in [-0.3, -0.25) is 4.79 Å². The van der Waals surface area contributed by atoms with Crippen molar-refractivity contribution in [3.8, 4) is 5.75 Å². The predicted molar refractivity (Wildman–Crippen MR) is 66.6 cm³/mol. The van der Waals surface area contributed by atoms with Crippen molar-refractivity contribution >= 4 is 11.5 Å². The number of anilines is 1. The summed E-state index contributed by atoms with van der Waals surface area (Å²) in [4.78, 5) is 13.6. The van der Waals surface area contributed by atoms with E-state index in [2.05, 4.69) is 4.90 Å². The van der Waals surface area contributed by atoms with E-state index >= 15 is 0 Å². The van der Waals surface area contributed by atoms with Crippen molar-refractivity contribution in [2.45, 2.75) is 32.2 Å². The van der Waals surface area contributed by atoms with Crippen LogP contribution in [0.25, 0.3) is 0 Å². The van der Waals surface area contributed by atoms with Crippen LogP contribution in [-0.2, 0) is 0 Å². The number of aromatic hydroxyl groups is 1. The summed E-state index contributed by atoms with van der Waals surface area (Å²) in [5, 5.41) is 9.84. The van der Waals surface area contributed by atoms with E-state index in [0.29, 0.717) is 11.6 Å². The van der Waals surface area contributed by atoms with Crippen LogP contribution in [0.2, 0.25) is 0 Å². The summed E-state index contributed by atoms with van der Waals surface area (Å²) < 4.78 is 0. The minimum atomic E-state index is -0.0861. The van der Waals surface area contributed by atoms with Gasteiger partial charge in [-0.25, -0.2) is 0 Å². The second-order valence-electron chi connectivity index (χ2n) is 5.24. The first-order valence-electron chi connectivity index (χ1n) is 6.26. The number of nitrogens with zero attached hydrogens (tertiary/aromatic N) is 1. The van der Waals surface area contributed by atoms with E-state index in [-0.39, 0.29) is 11.5 Å². The van der Waals surface area contributed by atoms with Gasteiger partial charge < -0.3 is 10.0 Å². The summed E-state index contributed by atoms with van der Waals surface area (Å²) in [6, 6.07) is 6.07. The molecule has 1 saturated heterocycles. The number of hydrogen-bond donors (Lipinski definition) is 1. The molecule has 1 aromatic carbocycles. The molecule has 0 radical (unpaired) electrons. The molecule has 0 aromatic heterocycles. The number of carbonyl (C=O) groups excluding carboxylic acids is 1. The number of phenolic OH excluding ortho intramolecular Hbond substituents is 1. The summed E-state index contributed by atoms with van der Waals surface area (Å²) in [6.07, 6.45) is 3.90. The number of Topliss-reactive ketones (excluding diaryl/α,β-unsaturated/α-hetero) is 1. The van der Waals surface area contributed by atoms with E-state index in [1.54, 1.807) is 12.1 Å². The molecule has 1 heterocycles. The van der Waals surface area contributed by atoms with Gasteiger partial charge in [0.15, 0.2) is 5.78 Å². The van der Waals surface area contributed by atoms with Gasteiger partial charge in [-0.1, -0.05) is 0 Å². The maximum absolute atomic E-state index is 11.3. The fourth-order valence-electron chi connectivity index (χ4n) is 3.24. The maximum Gasteiger partial charge on any atom is 0.163 e. The van der Waals surface area contributed by atoms with Gasteiger partial charge in [0.05, 0.1) is 5.56 Å². The lowest BCUT2D eigenvalue weighted by Crippen LogP contribution is -2.31. The van der Waals surface area contributed by atoms with Crippen LogP contribution >= 0.6 is 0 Å². The van der Waals surface area contributed by atoms with E-state index in [4.69, 9.17) is 0 Å². The van der Waals surface area contributed by atoms with E-state index in [1.165, 1.54) is 26.2 Å². The molecule has 17 heavy (non-hydrogen) atoms. The molecule has 0 amide bonds. The van der Waals surface area contributed by atoms with Crippen molar-refractivity contribution in [3.05, 3.63) is 23.8 Å². The lowest BCUT2D eigenvalue weighted by atomic mass is 10.1. The minimum absolute atomic E-state index is 0.0861. The van der Waals surface area contributed by atoms with E-state index in [0.717, 1.165) is 18.2 Å². The van der Waals surface area contributed by atoms with Crippen molar-refractivity contribution in [1.82, 2.24) is 0 Å². The van der Waals surface area contributed by atoms with Crippen LogP contribution in [0.3, 0.4) is 0 Å². The first kappa shape index (κ1) is 10.6. The highest BCUT2D eigenvalue weighted by molar-refractivity contribution is 5.97. The quantitative estimate of drug-likeness (QED) is 0.795. The molecule has 3 rings (SSSR count). The molecule has 3 heteroatoms. The number of carbonyl (C=O) groups is 1. The second kappa shape index (κ2) is 3.76. The van der Waals surface area contributed by atoms with Crippen molar-refractivity contribution in [3.63, 3.8) is 0 Å². The third kappa shape index (κ3) is 1.70. The summed E-state index contributed by atoms with van der Waals surface area (Å²) in [5.74, 6) is 0.851. The molecule has 2 unspecified atom stereocenters. The second-order valence-corrected chi connectivity index (χ2v) is 5.24. The Morgan fingerprint density at radius 1 is 1.41 bits per heavy atom. The number of piperidine rings is 1. The van der Waals surface area contributed by atoms with Gasteiger partial charge in [0, 0.05) is 24.3 Å². The first-order valence-corrected chi connectivity index (χ1v) is 6.26. The highest BCUT2D eigenvalue weighted by atomic mass is 16.3. The zero-order valence-corrected chi connectivity index (χ0v) is 10.0. The molecular weight excluding hydrogens is 214 g/mol. The molecule has 3 nitrogen and oxygen atoms in total. The lowest BCUT2D eigenvalue weighted by molar-refractivity contribution is 0.101. The van der Waals surface area contributed by atoms with Crippen LogP contribution in [0, 0.1) is 5.92 Å².